The van der Waals surface area contributed by atoms with Crippen LogP contribution in [0, 0.1) is 18.3 Å². The number of aliphatic hydroxyl groups excluding tert-OH is 1. The van der Waals surface area contributed by atoms with E-state index in [-0.39, 0.29) is 12.0 Å². The largest absolute Gasteiger partial charge is 0.493 e. The van der Waals surface area contributed by atoms with Crippen LogP contribution in [0.5, 0.6) is 5.75 Å². The van der Waals surface area contributed by atoms with Gasteiger partial charge in [-0.05, 0) is 90.7 Å². The molecule has 3 N–H and O–H groups in total. The van der Waals surface area contributed by atoms with E-state index in [0.717, 1.165) is 66.2 Å². The van der Waals surface area contributed by atoms with Crippen LogP contribution in [-0.4, -0.2) is 50.7 Å². The zero-order valence-electron chi connectivity index (χ0n) is 17.5. The van der Waals surface area contributed by atoms with Crippen LogP contribution in [0.2, 0.25) is 0 Å². The standard InChI is InChI=1S/C20H28N2O3.C2H7N/c1-14-18(24-13-20(12-23)8-9-20)5-3-16-17(22-25-19(14)16)4-2-15-6-10-21-11-7-15;1-3-2/h3,5,15,21,23H,2,4,6-13H2,1H3;3H,1-2H3. The summed E-state index contributed by atoms with van der Waals surface area (Å²) < 4.78 is 11.6. The Bertz CT molecular complexity index is 749. The molecule has 2 aliphatic rings. The monoisotopic (exact) mass is 389 g/mol. The molecule has 0 bridgehead atoms. The van der Waals surface area contributed by atoms with Crippen molar-refractivity contribution in [1.82, 2.24) is 15.8 Å². The Hall–Kier alpha value is -1.63. The molecule has 156 valence electrons. The lowest BCUT2D eigenvalue weighted by atomic mass is 9.92. The fourth-order valence-electron chi connectivity index (χ4n) is 3.77. The molecule has 0 radical (unpaired) electrons. The van der Waals surface area contributed by atoms with Gasteiger partial charge in [0.1, 0.15) is 5.75 Å². The first-order valence-corrected chi connectivity index (χ1v) is 10.5. The molecule has 2 fully saturated rings. The summed E-state index contributed by atoms with van der Waals surface area (Å²) in [7, 11) is 3.75. The summed E-state index contributed by atoms with van der Waals surface area (Å²) in [6.45, 7) is 5.08. The van der Waals surface area contributed by atoms with Crippen molar-refractivity contribution >= 4 is 11.0 Å². The van der Waals surface area contributed by atoms with Gasteiger partial charge in [-0.25, -0.2) is 0 Å². The minimum atomic E-state index is -0.0111. The third-order valence-corrected chi connectivity index (χ3v) is 5.99. The maximum atomic E-state index is 9.43. The number of nitrogens with zero attached hydrogens (tertiary/aromatic N) is 1. The van der Waals surface area contributed by atoms with Gasteiger partial charge in [-0.2, -0.15) is 0 Å². The molecule has 6 nitrogen and oxygen atoms in total. The molecule has 6 heteroatoms. The van der Waals surface area contributed by atoms with E-state index in [9.17, 15) is 5.11 Å². The first-order chi connectivity index (χ1) is 13.6. The molecule has 2 aromatic rings. The van der Waals surface area contributed by atoms with Crippen molar-refractivity contribution in [3.63, 3.8) is 0 Å². The molecule has 1 saturated carbocycles. The summed E-state index contributed by atoms with van der Waals surface area (Å²) in [6, 6.07) is 4.10. The highest BCUT2D eigenvalue weighted by atomic mass is 16.5. The van der Waals surface area contributed by atoms with Crippen molar-refractivity contribution in [2.45, 2.75) is 45.4 Å². The lowest BCUT2D eigenvalue weighted by molar-refractivity contribution is 0.146. The number of rotatable bonds is 7. The predicted octanol–water partition coefficient (Wildman–Crippen LogP) is 3.06. The molecule has 1 aliphatic heterocycles. The van der Waals surface area contributed by atoms with E-state index in [0.29, 0.717) is 6.61 Å². The van der Waals surface area contributed by atoms with Gasteiger partial charge in [0, 0.05) is 16.4 Å². The zero-order chi connectivity index (χ0) is 20.0. The number of aryl methyl sites for hydroxylation is 2. The molecule has 1 aliphatic carbocycles. The van der Waals surface area contributed by atoms with Crippen LogP contribution in [0.4, 0.5) is 0 Å². The van der Waals surface area contributed by atoms with Gasteiger partial charge in [0.15, 0.2) is 5.58 Å². The summed E-state index contributed by atoms with van der Waals surface area (Å²) in [6.07, 6.45) is 6.78. The minimum Gasteiger partial charge on any atom is -0.493 e. The highest BCUT2D eigenvalue weighted by molar-refractivity contribution is 5.84. The highest BCUT2D eigenvalue weighted by Gasteiger charge is 2.43. The van der Waals surface area contributed by atoms with Crippen molar-refractivity contribution in [3.8, 4) is 5.75 Å². The minimum absolute atomic E-state index is 0.0111. The smallest absolute Gasteiger partial charge is 0.173 e. The fourth-order valence-corrected chi connectivity index (χ4v) is 3.77. The van der Waals surface area contributed by atoms with Gasteiger partial charge >= 0.3 is 0 Å². The Labute approximate surface area is 168 Å². The number of piperidine rings is 1. The quantitative estimate of drug-likeness (QED) is 0.675. The number of benzene rings is 1. The van der Waals surface area contributed by atoms with Gasteiger partial charge in [0.2, 0.25) is 0 Å². The molecule has 0 spiro atoms. The molecule has 2 heterocycles. The number of ether oxygens (including phenoxy) is 1. The summed E-state index contributed by atoms with van der Waals surface area (Å²) in [5.74, 6) is 1.64. The molecule has 0 atom stereocenters. The van der Waals surface area contributed by atoms with E-state index in [1.807, 2.05) is 27.1 Å². The first-order valence-electron chi connectivity index (χ1n) is 10.5. The van der Waals surface area contributed by atoms with Crippen molar-refractivity contribution in [1.29, 1.82) is 0 Å². The number of hydrogen-bond donors (Lipinski definition) is 3. The number of aromatic nitrogens is 1. The van der Waals surface area contributed by atoms with E-state index < -0.39 is 0 Å². The van der Waals surface area contributed by atoms with Crippen LogP contribution in [0.1, 0.15) is 43.4 Å². The second-order valence-electron chi connectivity index (χ2n) is 8.37. The Morgan fingerprint density at radius 1 is 1.29 bits per heavy atom. The third kappa shape index (κ3) is 5.04. The highest BCUT2D eigenvalue weighted by Crippen LogP contribution is 2.45. The Kier molecular flexibility index (Phi) is 7.32. The van der Waals surface area contributed by atoms with E-state index in [2.05, 4.69) is 21.9 Å². The van der Waals surface area contributed by atoms with Gasteiger partial charge in [-0.15, -0.1) is 0 Å². The molecule has 1 aromatic carbocycles. The van der Waals surface area contributed by atoms with E-state index in [1.165, 1.54) is 19.3 Å². The normalized spacial score (nSPS) is 18.6. The number of hydrogen-bond acceptors (Lipinski definition) is 6. The lowest BCUT2D eigenvalue weighted by Gasteiger charge is -2.21. The Morgan fingerprint density at radius 3 is 2.64 bits per heavy atom. The molecule has 1 saturated heterocycles. The van der Waals surface area contributed by atoms with Crippen molar-refractivity contribution in [2.75, 3.05) is 40.4 Å². The molecular weight excluding hydrogens is 354 g/mol. The van der Waals surface area contributed by atoms with Crippen LogP contribution < -0.4 is 15.4 Å². The topological polar surface area (TPSA) is 79.5 Å². The van der Waals surface area contributed by atoms with E-state index in [1.54, 1.807) is 0 Å². The maximum absolute atomic E-state index is 9.43. The van der Waals surface area contributed by atoms with Crippen molar-refractivity contribution < 1.29 is 14.4 Å². The lowest BCUT2D eigenvalue weighted by Crippen LogP contribution is -2.27. The predicted molar refractivity (Wildman–Crippen MR) is 112 cm³/mol. The van der Waals surface area contributed by atoms with Gasteiger partial charge < -0.3 is 25.0 Å². The first kappa shape index (κ1) is 21.1. The summed E-state index contributed by atoms with van der Waals surface area (Å²) >= 11 is 0. The maximum Gasteiger partial charge on any atom is 0.173 e. The van der Waals surface area contributed by atoms with Gasteiger partial charge in [0.25, 0.3) is 0 Å². The Morgan fingerprint density at radius 2 is 2.00 bits per heavy atom. The molecule has 0 amide bonds. The van der Waals surface area contributed by atoms with Crippen LogP contribution in [0.25, 0.3) is 11.0 Å². The zero-order valence-corrected chi connectivity index (χ0v) is 17.5. The molecule has 4 rings (SSSR count). The van der Waals surface area contributed by atoms with Crippen LogP contribution in [0.3, 0.4) is 0 Å². The average Bonchev–Trinajstić information content (AvgIpc) is 3.39. The number of aliphatic hydroxyl groups is 1. The summed E-state index contributed by atoms with van der Waals surface area (Å²) in [5, 5.41) is 21.0. The fraction of sp³-hybridized carbons (Fsp3) is 0.682. The van der Waals surface area contributed by atoms with Crippen molar-refractivity contribution in [3.05, 3.63) is 23.4 Å². The summed E-state index contributed by atoms with van der Waals surface area (Å²) in [4.78, 5) is 0. The average molecular weight is 390 g/mol. The van der Waals surface area contributed by atoms with E-state index in [4.69, 9.17) is 9.26 Å². The van der Waals surface area contributed by atoms with Crippen molar-refractivity contribution in [2.24, 2.45) is 11.3 Å². The molecule has 28 heavy (non-hydrogen) atoms. The van der Waals surface area contributed by atoms with Gasteiger partial charge in [-0.3, -0.25) is 0 Å². The summed E-state index contributed by atoms with van der Waals surface area (Å²) in [5.41, 5.74) is 2.90. The number of fused-ring (bicyclic) bond motifs is 1. The SMILES string of the molecule is CNC.Cc1c(OCC2(CO)CC2)ccc2c(CCC3CCNCC3)noc12. The Balaban J connectivity index is 0.000000706. The molecular formula is C22H35N3O3. The second-order valence-corrected chi connectivity index (χ2v) is 8.37. The molecule has 0 unspecified atom stereocenters. The van der Waals surface area contributed by atoms with Crippen LogP contribution >= 0.6 is 0 Å². The molecule has 1 aromatic heterocycles. The third-order valence-electron chi connectivity index (χ3n) is 5.99. The van der Waals surface area contributed by atoms with Crippen LogP contribution in [-0.2, 0) is 6.42 Å². The van der Waals surface area contributed by atoms with E-state index >= 15 is 0 Å². The second kappa shape index (κ2) is 9.72. The van der Waals surface area contributed by atoms with Crippen LogP contribution in [0.15, 0.2) is 16.7 Å². The van der Waals surface area contributed by atoms with Gasteiger partial charge in [0.05, 0.1) is 18.9 Å². The van der Waals surface area contributed by atoms with Gasteiger partial charge in [-0.1, -0.05) is 5.16 Å². The number of nitrogens with one attached hydrogen (secondary N) is 2.